The van der Waals surface area contributed by atoms with Crippen molar-refractivity contribution in [3.63, 3.8) is 0 Å². The Kier molecular flexibility index (Phi) is 7.20. The third-order valence-electron chi connectivity index (χ3n) is 4.21. The second-order valence-corrected chi connectivity index (χ2v) is 7.61. The summed E-state index contributed by atoms with van der Waals surface area (Å²) in [7, 11) is 1.30. The molecule has 1 aliphatic rings. The number of rotatable bonds is 4. The molecule has 2 rings (SSSR count). The highest BCUT2D eigenvalue weighted by Gasteiger charge is 2.33. The first-order valence-corrected chi connectivity index (χ1v) is 9.25. The fraction of sp³-hybridized carbons (Fsp3) is 0.476. The smallest absolute Gasteiger partial charge is 0.411 e. The summed E-state index contributed by atoms with van der Waals surface area (Å²) < 4.78 is 10.3. The number of benzene rings is 1. The molecule has 1 aliphatic heterocycles. The number of esters is 1. The van der Waals surface area contributed by atoms with Crippen LogP contribution >= 0.6 is 0 Å². The monoisotopic (exact) mass is 388 g/mol. The average Bonchev–Trinajstić information content (AvgIpc) is 2.62. The fourth-order valence-corrected chi connectivity index (χ4v) is 2.87. The van der Waals surface area contributed by atoms with Gasteiger partial charge < -0.3 is 14.4 Å². The van der Waals surface area contributed by atoms with E-state index in [1.165, 1.54) is 16.9 Å². The molecular weight excluding hydrogens is 360 g/mol. The third kappa shape index (κ3) is 6.11. The molecule has 0 fully saturated rings. The molecule has 0 unspecified atom stereocenters. The highest BCUT2D eigenvalue weighted by atomic mass is 16.6. The first-order valence-electron chi connectivity index (χ1n) is 9.25. The molecule has 0 aromatic heterocycles. The van der Waals surface area contributed by atoms with Crippen molar-refractivity contribution in [2.45, 2.75) is 38.8 Å². The summed E-state index contributed by atoms with van der Waals surface area (Å²) in [5, 5.41) is 0. The standard InChI is InChI=1S/C21H28N2O5/c1-21(2,3)28-20(26)22-12-8-9-13-23(18(24)15-22)17(19(25)27-4)14-16-10-6-5-7-11-16/h5-11,17H,12-15H2,1-4H3/b9-8-/t17-/m0/s1. The zero-order valence-corrected chi connectivity index (χ0v) is 16.9. The maximum absolute atomic E-state index is 12.9. The quantitative estimate of drug-likeness (QED) is 0.585. The number of hydrogen-bond acceptors (Lipinski definition) is 5. The van der Waals surface area contributed by atoms with Crippen LogP contribution in [0.2, 0.25) is 0 Å². The van der Waals surface area contributed by atoms with Gasteiger partial charge in [-0.05, 0) is 26.3 Å². The molecule has 2 amide bonds. The highest BCUT2D eigenvalue weighted by Crippen LogP contribution is 2.15. The lowest BCUT2D eigenvalue weighted by atomic mass is 10.0. The second kappa shape index (κ2) is 9.39. The van der Waals surface area contributed by atoms with Crippen molar-refractivity contribution in [1.82, 2.24) is 9.80 Å². The van der Waals surface area contributed by atoms with Gasteiger partial charge in [0, 0.05) is 19.5 Å². The summed E-state index contributed by atoms with van der Waals surface area (Å²) in [5.74, 6) is -0.823. The molecule has 0 aliphatic carbocycles. The summed E-state index contributed by atoms with van der Waals surface area (Å²) in [6, 6.07) is 8.66. The van der Waals surface area contributed by atoms with Crippen molar-refractivity contribution >= 4 is 18.0 Å². The molecule has 0 N–H and O–H groups in total. The van der Waals surface area contributed by atoms with Crippen LogP contribution in [0.4, 0.5) is 4.79 Å². The normalized spacial score (nSPS) is 17.4. The third-order valence-corrected chi connectivity index (χ3v) is 4.21. The van der Waals surface area contributed by atoms with Gasteiger partial charge in [0.2, 0.25) is 5.91 Å². The van der Waals surface area contributed by atoms with Crippen LogP contribution in [-0.2, 0) is 25.5 Å². The largest absolute Gasteiger partial charge is 0.467 e. The van der Waals surface area contributed by atoms with Gasteiger partial charge in [-0.1, -0.05) is 42.5 Å². The minimum absolute atomic E-state index is 0.165. The first-order chi connectivity index (χ1) is 13.2. The van der Waals surface area contributed by atoms with Gasteiger partial charge in [0.1, 0.15) is 18.2 Å². The Balaban J connectivity index is 2.21. The Morgan fingerprint density at radius 3 is 2.36 bits per heavy atom. The molecule has 0 saturated carbocycles. The van der Waals surface area contributed by atoms with Crippen molar-refractivity contribution in [2.24, 2.45) is 0 Å². The minimum Gasteiger partial charge on any atom is -0.467 e. The van der Waals surface area contributed by atoms with Crippen LogP contribution in [-0.4, -0.2) is 66.2 Å². The number of amides is 2. The second-order valence-electron chi connectivity index (χ2n) is 7.61. The molecule has 152 valence electrons. The van der Waals surface area contributed by atoms with E-state index in [1.54, 1.807) is 32.9 Å². The molecule has 7 nitrogen and oxygen atoms in total. The lowest BCUT2D eigenvalue weighted by Crippen LogP contribution is -2.52. The Hall–Kier alpha value is -2.83. The number of methoxy groups -OCH3 is 1. The Morgan fingerprint density at radius 1 is 1.11 bits per heavy atom. The van der Waals surface area contributed by atoms with Crippen LogP contribution in [0, 0.1) is 0 Å². The molecule has 1 aromatic carbocycles. The predicted molar refractivity (Wildman–Crippen MR) is 105 cm³/mol. The average molecular weight is 388 g/mol. The molecule has 28 heavy (non-hydrogen) atoms. The first kappa shape index (κ1) is 21.5. The van der Waals surface area contributed by atoms with E-state index in [0.29, 0.717) is 6.42 Å². The van der Waals surface area contributed by atoms with E-state index in [4.69, 9.17) is 9.47 Å². The van der Waals surface area contributed by atoms with Gasteiger partial charge in [-0.25, -0.2) is 9.59 Å². The zero-order valence-electron chi connectivity index (χ0n) is 16.9. The van der Waals surface area contributed by atoms with E-state index in [2.05, 4.69) is 0 Å². The van der Waals surface area contributed by atoms with E-state index < -0.39 is 23.7 Å². The van der Waals surface area contributed by atoms with Gasteiger partial charge in [0.25, 0.3) is 0 Å². The molecule has 0 saturated heterocycles. The van der Waals surface area contributed by atoms with E-state index in [1.807, 2.05) is 30.3 Å². The molecule has 0 radical (unpaired) electrons. The number of carbonyl (C=O) groups excluding carboxylic acids is 3. The maximum Gasteiger partial charge on any atom is 0.411 e. The molecular formula is C21H28N2O5. The summed E-state index contributed by atoms with van der Waals surface area (Å²) >= 11 is 0. The van der Waals surface area contributed by atoms with Gasteiger partial charge in [-0.3, -0.25) is 9.69 Å². The van der Waals surface area contributed by atoms with Crippen LogP contribution in [0.25, 0.3) is 0 Å². The van der Waals surface area contributed by atoms with E-state index >= 15 is 0 Å². The molecule has 1 atom stereocenters. The zero-order chi connectivity index (χ0) is 20.7. The molecule has 7 heteroatoms. The van der Waals surface area contributed by atoms with Gasteiger partial charge in [-0.2, -0.15) is 0 Å². The van der Waals surface area contributed by atoms with Crippen LogP contribution in [0.5, 0.6) is 0 Å². The lowest BCUT2D eigenvalue weighted by molar-refractivity contribution is -0.152. The van der Waals surface area contributed by atoms with Crippen LogP contribution < -0.4 is 0 Å². The molecule has 0 bridgehead atoms. The number of ether oxygens (including phenoxy) is 2. The Bertz CT molecular complexity index is 724. The Labute approximate surface area is 165 Å². The summed E-state index contributed by atoms with van der Waals surface area (Å²) in [4.78, 5) is 40.5. The molecule has 1 aromatic rings. The minimum atomic E-state index is -0.775. The van der Waals surface area contributed by atoms with Gasteiger partial charge in [0.15, 0.2) is 0 Å². The number of hydrogen-bond donors (Lipinski definition) is 0. The van der Waals surface area contributed by atoms with E-state index in [0.717, 1.165) is 5.56 Å². The van der Waals surface area contributed by atoms with Crippen LogP contribution in [0.3, 0.4) is 0 Å². The van der Waals surface area contributed by atoms with E-state index in [-0.39, 0.29) is 25.5 Å². The Morgan fingerprint density at radius 2 is 1.75 bits per heavy atom. The van der Waals surface area contributed by atoms with Gasteiger partial charge >= 0.3 is 12.1 Å². The van der Waals surface area contributed by atoms with Crippen molar-refractivity contribution < 1.29 is 23.9 Å². The van der Waals surface area contributed by atoms with E-state index in [9.17, 15) is 14.4 Å². The van der Waals surface area contributed by atoms with Crippen molar-refractivity contribution in [1.29, 1.82) is 0 Å². The maximum atomic E-state index is 12.9. The number of nitrogens with zero attached hydrogens (tertiary/aromatic N) is 2. The molecule has 1 heterocycles. The highest BCUT2D eigenvalue weighted by molar-refractivity contribution is 5.88. The van der Waals surface area contributed by atoms with Crippen LogP contribution in [0.15, 0.2) is 42.5 Å². The summed E-state index contributed by atoms with van der Waals surface area (Å²) in [6.45, 7) is 5.69. The van der Waals surface area contributed by atoms with Crippen LogP contribution in [0.1, 0.15) is 26.3 Å². The van der Waals surface area contributed by atoms with Crippen molar-refractivity contribution in [3.05, 3.63) is 48.0 Å². The summed E-state index contributed by atoms with van der Waals surface area (Å²) in [5.41, 5.74) is 0.258. The van der Waals surface area contributed by atoms with Gasteiger partial charge in [-0.15, -0.1) is 0 Å². The lowest BCUT2D eigenvalue weighted by Gasteiger charge is -2.33. The predicted octanol–water partition coefficient (Wildman–Crippen LogP) is 2.41. The topological polar surface area (TPSA) is 76.2 Å². The van der Waals surface area contributed by atoms with Crippen molar-refractivity contribution in [3.8, 4) is 0 Å². The molecule has 0 spiro atoms. The fourth-order valence-electron chi connectivity index (χ4n) is 2.87. The summed E-state index contributed by atoms with van der Waals surface area (Å²) in [6.07, 6.45) is 3.33. The number of carbonyl (C=O) groups is 3. The SMILES string of the molecule is COC(=O)[C@H](Cc1ccccc1)N1C/C=C\CN(C(=O)OC(C)(C)C)CC1=O. The van der Waals surface area contributed by atoms with Gasteiger partial charge in [0.05, 0.1) is 7.11 Å². The van der Waals surface area contributed by atoms with Crippen molar-refractivity contribution in [2.75, 3.05) is 26.7 Å².